The van der Waals surface area contributed by atoms with Crippen molar-refractivity contribution in [1.29, 1.82) is 0 Å². The lowest BCUT2D eigenvalue weighted by molar-refractivity contribution is 0.0394. The molecule has 2 fully saturated rings. The second kappa shape index (κ2) is 13.0. The maximum atomic E-state index is 6.18. The number of pyridine rings is 1. The summed E-state index contributed by atoms with van der Waals surface area (Å²) in [6.45, 7) is 5.53. The molecule has 1 saturated heterocycles. The predicted molar refractivity (Wildman–Crippen MR) is 136 cm³/mol. The van der Waals surface area contributed by atoms with Crippen LogP contribution in [0, 0.1) is 12.8 Å². The van der Waals surface area contributed by atoms with Gasteiger partial charge in [0.2, 0.25) is 0 Å². The van der Waals surface area contributed by atoms with Gasteiger partial charge in [0.05, 0.1) is 12.7 Å². The summed E-state index contributed by atoms with van der Waals surface area (Å²) in [5, 5.41) is 7.88. The van der Waals surface area contributed by atoms with Crippen molar-refractivity contribution in [2.24, 2.45) is 5.92 Å². The molecule has 1 aliphatic heterocycles. The van der Waals surface area contributed by atoms with E-state index in [4.69, 9.17) is 22.1 Å². The average molecular weight is 510 g/mol. The number of nitrogen functional groups attached to an aromatic ring is 1. The summed E-state index contributed by atoms with van der Waals surface area (Å²) in [4.78, 5) is 4.48. The highest BCUT2D eigenvalue weighted by molar-refractivity contribution is 6.30. The Hall–Kier alpha value is -0.790. The quantitative estimate of drug-likeness (QED) is 0.465. The third-order valence-electron chi connectivity index (χ3n) is 5.70. The van der Waals surface area contributed by atoms with Crippen LogP contribution in [0.15, 0.2) is 36.4 Å². The van der Waals surface area contributed by atoms with Crippen LogP contribution in [0.5, 0.6) is 0 Å². The number of anilines is 1. The number of ether oxygens (including phenoxy) is 1. The van der Waals surface area contributed by atoms with Crippen molar-refractivity contribution in [3.8, 4) is 0 Å². The summed E-state index contributed by atoms with van der Waals surface area (Å²) in [6, 6.07) is 12.8. The van der Waals surface area contributed by atoms with Crippen LogP contribution in [0.25, 0.3) is 0 Å². The van der Waals surface area contributed by atoms with Crippen LogP contribution in [0.1, 0.15) is 29.2 Å². The van der Waals surface area contributed by atoms with Crippen LogP contribution >= 0.6 is 48.8 Å². The lowest BCUT2D eigenvalue weighted by Gasteiger charge is -2.19. The van der Waals surface area contributed by atoms with Crippen LogP contribution in [-0.2, 0) is 11.2 Å². The molecule has 4 atom stereocenters. The molecule has 9 heteroatoms. The number of aryl methyl sites for hydroxylation is 1. The van der Waals surface area contributed by atoms with Gasteiger partial charge in [-0.15, -0.1) is 37.2 Å². The topological polar surface area (TPSA) is 72.2 Å². The molecule has 1 aromatic carbocycles. The first-order valence-electron chi connectivity index (χ1n) is 10.1. The summed E-state index contributed by atoms with van der Waals surface area (Å²) >= 11 is 6.10. The van der Waals surface area contributed by atoms with E-state index in [2.05, 4.69) is 40.7 Å². The maximum Gasteiger partial charge on any atom is 0.123 e. The molecule has 174 valence electrons. The van der Waals surface area contributed by atoms with E-state index in [1.165, 1.54) is 12.0 Å². The number of halogens is 4. The predicted octanol–water partition coefficient (Wildman–Crippen LogP) is 4.18. The highest BCUT2D eigenvalue weighted by Crippen LogP contribution is 2.41. The Balaban J connectivity index is 0.00000160. The first-order chi connectivity index (χ1) is 13.6. The molecule has 1 aliphatic carbocycles. The number of nitrogens with two attached hydrogens (primary N) is 1. The van der Waals surface area contributed by atoms with E-state index in [1.807, 2.05) is 18.2 Å². The molecule has 31 heavy (non-hydrogen) atoms. The lowest BCUT2D eigenvalue weighted by atomic mass is 9.99. The van der Waals surface area contributed by atoms with Gasteiger partial charge in [-0.25, -0.2) is 4.98 Å². The molecule has 4 N–H and O–H groups in total. The first kappa shape index (κ1) is 28.2. The van der Waals surface area contributed by atoms with Gasteiger partial charge >= 0.3 is 0 Å². The van der Waals surface area contributed by atoms with Crippen LogP contribution in [-0.4, -0.2) is 43.4 Å². The van der Waals surface area contributed by atoms with E-state index in [1.54, 1.807) is 0 Å². The van der Waals surface area contributed by atoms with Gasteiger partial charge in [0.1, 0.15) is 5.82 Å². The summed E-state index contributed by atoms with van der Waals surface area (Å²) in [7, 11) is 0. The van der Waals surface area contributed by atoms with Crippen LogP contribution in [0.2, 0.25) is 5.02 Å². The molecule has 2 aliphatic rings. The van der Waals surface area contributed by atoms with Crippen LogP contribution < -0.4 is 16.4 Å². The number of rotatable bonds is 8. The fraction of sp³-hybridized carbons (Fsp3) is 0.500. The number of nitrogens with one attached hydrogen (secondary N) is 2. The van der Waals surface area contributed by atoms with Gasteiger partial charge in [-0.3, -0.25) is 0 Å². The second-order valence-electron chi connectivity index (χ2n) is 8.05. The highest BCUT2D eigenvalue weighted by Gasteiger charge is 2.37. The molecular weight excluding hydrogens is 478 g/mol. The number of hydrogen-bond donors (Lipinski definition) is 3. The van der Waals surface area contributed by atoms with E-state index in [9.17, 15) is 0 Å². The van der Waals surface area contributed by atoms with E-state index < -0.39 is 0 Å². The normalized spacial score (nSPS) is 23.9. The Morgan fingerprint density at radius 1 is 1.19 bits per heavy atom. The van der Waals surface area contributed by atoms with Gasteiger partial charge in [0.15, 0.2) is 0 Å². The summed E-state index contributed by atoms with van der Waals surface area (Å²) in [6.07, 6.45) is 2.30. The van der Waals surface area contributed by atoms with Crippen molar-refractivity contribution < 1.29 is 4.74 Å². The van der Waals surface area contributed by atoms with Crippen molar-refractivity contribution in [1.82, 2.24) is 15.6 Å². The fourth-order valence-corrected chi connectivity index (χ4v) is 4.43. The minimum Gasteiger partial charge on any atom is -0.384 e. The molecule has 0 bridgehead atoms. The molecule has 4 rings (SSSR count). The Morgan fingerprint density at radius 3 is 2.74 bits per heavy atom. The van der Waals surface area contributed by atoms with E-state index in [0.29, 0.717) is 23.7 Å². The van der Waals surface area contributed by atoms with Crippen molar-refractivity contribution >= 4 is 54.6 Å². The van der Waals surface area contributed by atoms with Crippen molar-refractivity contribution in [3.05, 3.63) is 58.2 Å². The number of nitrogens with zero attached hydrogens (tertiary/aromatic N) is 1. The molecule has 5 nitrogen and oxygen atoms in total. The zero-order valence-electron chi connectivity index (χ0n) is 17.6. The standard InChI is InChI=1S/C22H29ClN4O.3ClH/c1-14-7-18(27-22(24)8-14)10-16-12-25-13-21(16)28-6-5-26-20-11-19(20)15-3-2-4-17(23)9-15;;;/h2-4,7-9,16,19-21,25-26H,5-6,10-13H2,1H3,(H2,24,27);3*1H/t16-,19?,20?,21+;;;/m1.../s1. The summed E-state index contributed by atoms with van der Waals surface area (Å²) < 4.78 is 6.18. The Labute approximate surface area is 208 Å². The molecule has 1 saturated carbocycles. The SMILES string of the molecule is Cc1cc(N)nc(C[C@@H]2CNC[C@@H]2OCCNC2CC2c2cccc(Cl)c2)c1.Cl.Cl.Cl. The van der Waals surface area contributed by atoms with Gasteiger partial charge in [0.25, 0.3) is 0 Å². The van der Waals surface area contributed by atoms with E-state index in [0.717, 1.165) is 48.9 Å². The Bertz CT molecular complexity index is 806. The molecule has 0 spiro atoms. The zero-order valence-corrected chi connectivity index (χ0v) is 20.8. The summed E-state index contributed by atoms with van der Waals surface area (Å²) in [5.41, 5.74) is 9.43. The fourth-order valence-electron chi connectivity index (χ4n) is 4.23. The van der Waals surface area contributed by atoms with E-state index >= 15 is 0 Å². The third-order valence-corrected chi connectivity index (χ3v) is 5.93. The molecular formula is C22H32Cl4N4O. The second-order valence-corrected chi connectivity index (χ2v) is 8.49. The molecule has 2 aromatic rings. The Morgan fingerprint density at radius 2 is 2.00 bits per heavy atom. The zero-order chi connectivity index (χ0) is 19.5. The Kier molecular flexibility index (Phi) is 11.9. The molecule has 2 unspecified atom stereocenters. The van der Waals surface area contributed by atoms with Gasteiger partial charge in [-0.2, -0.15) is 0 Å². The average Bonchev–Trinajstić information content (AvgIpc) is 3.29. The third kappa shape index (κ3) is 7.93. The van der Waals surface area contributed by atoms with Crippen LogP contribution in [0.3, 0.4) is 0 Å². The van der Waals surface area contributed by atoms with Crippen molar-refractivity contribution in [3.63, 3.8) is 0 Å². The highest BCUT2D eigenvalue weighted by atomic mass is 35.5. The molecule has 0 radical (unpaired) electrons. The number of aromatic nitrogens is 1. The minimum absolute atomic E-state index is 0. The van der Waals surface area contributed by atoms with E-state index in [-0.39, 0.29) is 43.3 Å². The van der Waals surface area contributed by atoms with Gasteiger partial charge < -0.3 is 21.1 Å². The largest absolute Gasteiger partial charge is 0.384 e. The van der Waals surface area contributed by atoms with Gasteiger partial charge in [-0.1, -0.05) is 23.7 Å². The van der Waals surface area contributed by atoms with Crippen molar-refractivity contribution in [2.45, 2.75) is 37.8 Å². The maximum absolute atomic E-state index is 6.18. The molecule has 0 amide bonds. The monoisotopic (exact) mass is 508 g/mol. The minimum atomic E-state index is 0. The number of hydrogen-bond acceptors (Lipinski definition) is 5. The van der Waals surface area contributed by atoms with Gasteiger partial charge in [0, 0.05) is 48.2 Å². The molecule has 2 heterocycles. The van der Waals surface area contributed by atoms with Crippen molar-refractivity contribution in [2.75, 3.05) is 32.0 Å². The number of benzene rings is 1. The smallest absolute Gasteiger partial charge is 0.123 e. The lowest BCUT2D eigenvalue weighted by Crippen LogP contribution is -2.30. The first-order valence-corrected chi connectivity index (χ1v) is 10.5. The van der Waals surface area contributed by atoms with Gasteiger partial charge in [-0.05, 0) is 55.2 Å². The summed E-state index contributed by atoms with van der Waals surface area (Å²) in [5.74, 6) is 1.62. The van der Waals surface area contributed by atoms with Crippen LogP contribution in [0.4, 0.5) is 5.82 Å². The molecule has 1 aromatic heterocycles.